The van der Waals surface area contributed by atoms with Crippen molar-refractivity contribution in [2.24, 2.45) is 0 Å². The van der Waals surface area contributed by atoms with E-state index in [4.69, 9.17) is 9.47 Å². The van der Waals surface area contributed by atoms with E-state index < -0.39 is 11.9 Å². The second-order valence-corrected chi connectivity index (χ2v) is 8.14. The van der Waals surface area contributed by atoms with Crippen LogP contribution in [0.25, 0.3) is 0 Å². The minimum Gasteiger partial charge on any atom is -0.478 e. The fourth-order valence-electron chi connectivity index (χ4n) is 3.44. The Bertz CT molecular complexity index is 922. The predicted molar refractivity (Wildman–Crippen MR) is 113 cm³/mol. The van der Waals surface area contributed by atoms with Crippen molar-refractivity contribution in [3.8, 4) is 0 Å². The number of aromatic nitrogens is 1. The number of ether oxygens (including phenoxy) is 2. The van der Waals surface area contributed by atoms with Gasteiger partial charge in [-0.1, -0.05) is 6.07 Å². The maximum absolute atomic E-state index is 12.6. The summed E-state index contributed by atoms with van der Waals surface area (Å²) in [5.74, 6) is -1.51. The lowest BCUT2D eigenvalue weighted by molar-refractivity contribution is 0.0341. The molecule has 2 aliphatic heterocycles. The van der Waals surface area contributed by atoms with E-state index in [1.54, 1.807) is 24.6 Å². The second kappa shape index (κ2) is 9.09. The highest BCUT2D eigenvalue weighted by molar-refractivity contribution is 7.14. The number of methoxy groups -OCH3 is 1. The summed E-state index contributed by atoms with van der Waals surface area (Å²) in [6, 6.07) is 5.10. The average Bonchev–Trinajstić information content (AvgIpc) is 3.19. The van der Waals surface area contributed by atoms with Crippen LogP contribution in [-0.2, 0) is 16.0 Å². The summed E-state index contributed by atoms with van der Waals surface area (Å²) in [6.45, 7) is 5.13. The molecule has 0 radical (unpaired) electrons. The third kappa shape index (κ3) is 4.62. The number of hydrogen-bond acceptors (Lipinski definition) is 8. The van der Waals surface area contributed by atoms with Gasteiger partial charge in [0.2, 0.25) is 0 Å². The van der Waals surface area contributed by atoms with Crippen molar-refractivity contribution in [2.45, 2.75) is 12.6 Å². The molecule has 4 rings (SSSR count). The number of anilines is 2. The second-order valence-electron chi connectivity index (χ2n) is 7.31. The fourth-order valence-corrected chi connectivity index (χ4v) is 4.26. The Morgan fingerprint density at radius 3 is 2.80 bits per heavy atom. The van der Waals surface area contributed by atoms with Crippen LogP contribution in [0, 0.1) is 0 Å². The number of carboxylic acids is 1. The smallest absolute Gasteiger partial charge is 0.337 e. The molecule has 10 heteroatoms. The fraction of sp³-hybridized carbons (Fsp3) is 0.450. The van der Waals surface area contributed by atoms with E-state index in [1.807, 2.05) is 11.0 Å². The number of thiazole rings is 1. The first-order chi connectivity index (χ1) is 14.5. The highest BCUT2D eigenvalue weighted by Gasteiger charge is 2.29. The van der Waals surface area contributed by atoms with Gasteiger partial charge in [-0.2, -0.15) is 0 Å². The van der Waals surface area contributed by atoms with Crippen LogP contribution in [0.1, 0.15) is 26.4 Å². The molecule has 2 aromatic rings. The quantitative estimate of drug-likeness (QED) is 0.682. The van der Waals surface area contributed by atoms with Gasteiger partial charge < -0.3 is 24.8 Å². The molecule has 0 aliphatic carbocycles. The average molecular weight is 433 g/mol. The molecule has 0 bridgehead atoms. The normalized spacial score (nSPS) is 17.6. The molecule has 0 saturated carbocycles. The van der Waals surface area contributed by atoms with E-state index in [1.165, 1.54) is 11.3 Å². The largest absolute Gasteiger partial charge is 0.478 e. The number of carbonyl (C=O) groups excluding carboxylic acids is 1. The molecule has 1 amide bonds. The summed E-state index contributed by atoms with van der Waals surface area (Å²) in [6.07, 6.45) is 0.195. The number of aromatic carboxylic acids is 1. The zero-order valence-electron chi connectivity index (χ0n) is 16.7. The number of carbonyl (C=O) groups is 2. The Kier molecular flexibility index (Phi) is 6.28. The molecule has 1 aromatic heterocycles. The number of nitrogens with one attached hydrogen (secondary N) is 1. The molecular weight excluding hydrogens is 408 g/mol. The summed E-state index contributed by atoms with van der Waals surface area (Å²) < 4.78 is 10.6. The Balaban J connectivity index is 1.43. The third-order valence-electron chi connectivity index (χ3n) is 5.25. The van der Waals surface area contributed by atoms with Crippen LogP contribution in [0.15, 0.2) is 23.6 Å². The number of morpholine rings is 1. The zero-order chi connectivity index (χ0) is 21.1. The van der Waals surface area contributed by atoms with E-state index in [0.717, 1.165) is 36.9 Å². The van der Waals surface area contributed by atoms with Crippen molar-refractivity contribution >= 4 is 34.0 Å². The van der Waals surface area contributed by atoms with Crippen LogP contribution in [0.2, 0.25) is 0 Å². The van der Waals surface area contributed by atoms with Gasteiger partial charge in [-0.3, -0.25) is 9.69 Å². The van der Waals surface area contributed by atoms with Crippen LogP contribution < -0.4 is 10.2 Å². The first-order valence-corrected chi connectivity index (χ1v) is 10.6. The molecule has 2 fully saturated rings. The van der Waals surface area contributed by atoms with Crippen LogP contribution in [0.5, 0.6) is 0 Å². The van der Waals surface area contributed by atoms with E-state index in [-0.39, 0.29) is 23.0 Å². The lowest BCUT2D eigenvalue weighted by Crippen LogP contribution is -2.51. The van der Waals surface area contributed by atoms with E-state index in [9.17, 15) is 14.7 Å². The molecule has 0 unspecified atom stereocenters. The zero-order valence-corrected chi connectivity index (χ0v) is 17.5. The number of amides is 1. The van der Waals surface area contributed by atoms with Gasteiger partial charge in [0.05, 0.1) is 30.6 Å². The summed E-state index contributed by atoms with van der Waals surface area (Å²) in [5, 5.41) is 14.8. The Morgan fingerprint density at radius 2 is 2.10 bits per heavy atom. The summed E-state index contributed by atoms with van der Waals surface area (Å²) in [5.41, 5.74) is 1.48. The molecule has 0 spiro atoms. The third-order valence-corrected chi connectivity index (χ3v) is 6.15. The number of hydrogen-bond donors (Lipinski definition) is 2. The summed E-state index contributed by atoms with van der Waals surface area (Å²) >= 11 is 1.38. The highest BCUT2D eigenvalue weighted by Crippen LogP contribution is 2.27. The molecule has 9 nitrogen and oxygen atoms in total. The summed E-state index contributed by atoms with van der Waals surface area (Å²) in [7, 11) is 1.68. The van der Waals surface area contributed by atoms with Gasteiger partial charge in [0, 0.05) is 45.2 Å². The predicted octanol–water partition coefficient (Wildman–Crippen LogP) is 1.76. The number of nitrogens with zero attached hydrogens (tertiary/aromatic N) is 3. The minimum atomic E-state index is -1.08. The van der Waals surface area contributed by atoms with Crippen molar-refractivity contribution in [1.82, 2.24) is 9.88 Å². The van der Waals surface area contributed by atoms with Gasteiger partial charge in [0.15, 0.2) is 5.13 Å². The van der Waals surface area contributed by atoms with Crippen LogP contribution in [0.4, 0.5) is 10.8 Å². The number of benzene rings is 1. The number of carboxylic acid groups (broad SMARTS) is 1. The molecule has 2 N–H and O–H groups in total. The van der Waals surface area contributed by atoms with Crippen molar-refractivity contribution in [3.63, 3.8) is 0 Å². The molecular formula is C20H24N4O5S. The van der Waals surface area contributed by atoms with Gasteiger partial charge in [-0.05, 0) is 17.7 Å². The van der Waals surface area contributed by atoms with Crippen LogP contribution >= 0.6 is 11.3 Å². The van der Waals surface area contributed by atoms with Crippen molar-refractivity contribution in [1.29, 1.82) is 0 Å². The Labute approximate surface area is 178 Å². The van der Waals surface area contributed by atoms with Gasteiger partial charge in [0.1, 0.15) is 5.69 Å². The molecule has 160 valence electrons. The lowest BCUT2D eigenvalue weighted by Gasteiger charge is -2.37. The van der Waals surface area contributed by atoms with E-state index in [0.29, 0.717) is 19.8 Å². The van der Waals surface area contributed by atoms with E-state index in [2.05, 4.69) is 15.2 Å². The minimum absolute atomic E-state index is 0.0650. The van der Waals surface area contributed by atoms with E-state index >= 15 is 0 Å². The standard InChI is InChI=1S/C20H24N4O5S/c1-28-14-10-24(11-14)20-22-17(12-30-20)18(25)21-16-3-2-13(8-15(16)19(26)27)9-23-4-6-29-7-5-23/h2-3,8,12,14H,4-7,9-11H2,1H3,(H,21,25)(H,26,27). The van der Waals surface area contributed by atoms with Crippen LogP contribution in [-0.4, -0.2) is 79.5 Å². The van der Waals surface area contributed by atoms with Crippen molar-refractivity contribution < 1.29 is 24.2 Å². The summed E-state index contributed by atoms with van der Waals surface area (Å²) in [4.78, 5) is 33.0. The Hall–Kier alpha value is -2.53. The first kappa shape index (κ1) is 20.7. The lowest BCUT2D eigenvalue weighted by atomic mass is 10.1. The first-order valence-electron chi connectivity index (χ1n) is 9.74. The maximum atomic E-state index is 12.6. The molecule has 2 aliphatic rings. The SMILES string of the molecule is COC1CN(c2nc(C(=O)Nc3ccc(CN4CCOCC4)cc3C(=O)O)cs2)C1. The van der Waals surface area contributed by atoms with Gasteiger partial charge in [0.25, 0.3) is 5.91 Å². The molecule has 3 heterocycles. The molecule has 2 saturated heterocycles. The maximum Gasteiger partial charge on any atom is 0.337 e. The number of rotatable bonds is 7. The molecule has 0 atom stereocenters. The Morgan fingerprint density at radius 1 is 1.33 bits per heavy atom. The van der Waals surface area contributed by atoms with Crippen LogP contribution in [0.3, 0.4) is 0 Å². The molecule has 30 heavy (non-hydrogen) atoms. The monoisotopic (exact) mass is 432 g/mol. The molecule has 1 aromatic carbocycles. The van der Waals surface area contributed by atoms with Gasteiger partial charge in [-0.15, -0.1) is 11.3 Å². The van der Waals surface area contributed by atoms with Gasteiger partial charge in [-0.25, -0.2) is 9.78 Å². The van der Waals surface area contributed by atoms with Crippen molar-refractivity contribution in [2.75, 3.05) is 56.7 Å². The van der Waals surface area contributed by atoms with Gasteiger partial charge >= 0.3 is 5.97 Å². The highest BCUT2D eigenvalue weighted by atomic mass is 32.1. The van der Waals surface area contributed by atoms with Crippen molar-refractivity contribution in [3.05, 3.63) is 40.4 Å². The topological polar surface area (TPSA) is 104 Å².